The number of carbonyl (C=O) groups is 1. The number of anilines is 1. The van der Waals surface area contributed by atoms with Gasteiger partial charge in [0.25, 0.3) is 15.9 Å². The number of halogens is 1. The van der Waals surface area contributed by atoms with Gasteiger partial charge in [-0.15, -0.1) is 0 Å². The Morgan fingerprint density at radius 3 is 2.44 bits per heavy atom. The van der Waals surface area contributed by atoms with Crippen molar-refractivity contribution in [3.63, 3.8) is 0 Å². The first kappa shape index (κ1) is 17.4. The molecule has 1 amide bonds. The Kier molecular flexibility index (Phi) is 4.76. The molecule has 1 N–H and O–H groups in total. The third-order valence-electron chi connectivity index (χ3n) is 4.26. The minimum absolute atomic E-state index is 0.197. The van der Waals surface area contributed by atoms with Crippen LogP contribution in [0, 0.1) is 12.7 Å². The number of nitrogens with one attached hydrogen (secondary N) is 1. The van der Waals surface area contributed by atoms with E-state index in [0.717, 1.165) is 18.9 Å². The quantitative estimate of drug-likeness (QED) is 0.908. The van der Waals surface area contributed by atoms with Crippen LogP contribution in [-0.4, -0.2) is 32.3 Å². The fourth-order valence-electron chi connectivity index (χ4n) is 2.92. The van der Waals surface area contributed by atoms with Gasteiger partial charge in [-0.05, 0) is 43.5 Å². The molecular weight excluding hydrogens is 343 g/mol. The van der Waals surface area contributed by atoms with Crippen molar-refractivity contribution in [2.45, 2.75) is 24.7 Å². The predicted molar refractivity (Wildman–Crippen MR) is 93.5 cm³/mol. The van der Waals surface area contributed by atoms with Crippen LogP contribution in [0.4, 0.5) is 10.1 Å². The fraction of sp³-hybridized carbons (Fsp3) is 0.278. The van der Waals surface area contributed by atoms with Gasteiger partial charge in [0, 0.05) is 13.1 Å². The monoisotopic (exact) mass is 362 g/mol. The van der Waals surface area contributed by atoms with E-state index >= 15 is 0 Å². The van der Waals surface area contributed by atoms with E-state index in [0.29, 0.717) is 18.7 Å². The zero-order valence-electron chi connectivity index (χ0n) is 13.8. The first-order valence-electron chi connectivity index (χ1n) is 8.06. The van der Waals surface area contributed by atoms with Gasteiger partial charge < -0.3 is 4.90 Å². The Morgan fingerprint density at radius 1 is 1.08 bits per heavy atom. The standard InChI is InChI=1S/C18H19FN2O3S/c1-13-7-6-8-14(18(22)21-11-4-5-12-21)17(13)20-25(23,24)16-10-3-2-9-15(16)19/h2-3,6-10,20H,4-5,11-12H2,1H3. The molecule has 7 heteroatoms. The molecule has 0 aliphatic carbocycles. The largest absolute Gasteiger partial charge is 0.339 e. The minimum atomic E-state index is -4.14. The third-order valence-corrected chi connectivity index (χ3v) is 5.64. The molecular formula is C18H19FN2O3S. The van der Waals surface area contributed by atoms with E-state index in [4.69, 9.17) is 0 Å². The number of amides is 1. The first-order valence-corrected chi connectivity index (χ1v) is 9.55. The van der Waals surface area contributed by atoms with Crippen molar-refractivity contribution in [3.8, 4) is 0 Å². The van der Waals surface area contributed by atoms with E-state index in [1.165, 1.54) is 18.2 Å². The van der Waals surface area contributed by atoms with Gasteiger partial charge in [0.15, 0.2) is 0 Å². The van der Waals surface area contributed by atoms with Gasteiger partial charge in [0.1, 0.15) is 10.7 Å². The molecule has 0 spiro atoms. The second kappa shape index (κ2) is 6.84. The molecule has 1 fully saturated rings. The molecule has 0 atom stereocenters. The van der Waals surface area contributed by atoms with Gasteiger partial charge in [0.2, 0.25) is 0 Å². The van der Waals surface area contributed by atoms with Crippen LogP contribution in [0.1, 0.15) is 28.8 Å². The van der Waals surface area contributed by atoms with E-state index in [2.05, 4.69) is 4.72 Å². The summed E-state index contributed by atoms with van der Waals surface area (Å²) >= 11 is 0. The molecule has 132 valence electrons. The van der Waals surface area contributed by atoms with Crippen molar-refractivity contribution in [2.24, 2.45) is 0 Å². The summed E-state index contributed by atoms with van der Waals surface area (Å²) in [5, 5.41) is 0. The number of nitrogens with zero attached hydrogens (tertiary/aromatic N) is 1. The van der Waals surface area contributed by atoms with Crippen LogP contribution < -0.4 is 4.72 Å². The third kappa shape index (κ3) is 3.51. The van der Waals surface area contributed by atoms with Gasteiger partial charge in [-0.3, -0.25) is 9.52 Å². The lowest BCUT2D eigenvalue weighted by Crippen LogP contribution is -2.29. The fourth-order valence-corrected chi connectivity index (χ4v) is 4.16. The van der Waals surface area contributed by atoms with Crippen LogP contribution in [-0.2, 0) is 10.0 Å². The lowest BCUT2D eigenvalue weighted by atomic mass is 10.1. The molecule has 0 aromatic heterocycles. The van der Waals surface area contributed by atoms with E-state index in [1.54, 1.807) is 30.0 Å². The molecule has 1 aliphatic rings. The van der Waals surface area contributed by atoms with Crippen molar-refractivity contribution in [1.82, 2.24) is 4.90 Å². The highest BCUT2D eigenvalue weighted by atomic mass is 32.2. The van der Waals surface area contributed by atoms with Gasteiger partial charge >= 0.3 is 0 Å². The average molecular weight is 362 g/mol. The van der Waals surface area contributed by atoms with Crippen LogP contribution in [0.5, 0.6) is 0 Å². The van der Waals surface area contributed by atoms with Crippen molar-refractivity contribution in [2.75, 3.05) is 17.8 Å². The zero-order valence-corrected chi connectivity index (χ0v) is 14.6. The topological polar surface area (TPSA) is 66.5 Å². The average Bonchev–Trinajstić information content (AvgIpc) is 3.11. The van der Waals surface area contributed by atoms with Crippen LogP contribution in [0.25, 0.3) is 0 Å². The molecule has 5 nitrogen and oxygen atoms in total. The molecule has 25 heavy (non-hydrogen) atoms. The molecule has 0 radical (unpaired) electrons. The Bertz CT molecular complexity index is 906. The lowest BCUT2D eigenvalue weighted by Gasteiger charge is -2.20. The van der Waals surface area contributed by atoms with Gasteiger partial charge in [0.05, 0.1) is 11.3 Å². The molecule has 3 rings (SSSR count). The van der Waals surface area contributed by atoms with Crippen molar-refractivity contribution < 1.29 is 17.6 Å². The number of rotatable bonds is 4. The SMILES string of the molecule is Cc1cccc(C(=O)N2CCCC2)c1NS(=O)(=O)c1ccccc1F. The summed E-state index contributed by atoms with van der Waals surface area (Å²) < 4.78 is 41.5. The summed E-state index contributed by atoms with van der Waals surface area (Å²) in [5.41, 5.74) is 1.08. The number of benzene rings is 2. The summed E-state index contributed by atoms with van der Waals surface area (Å²) in [6.07, 6.45) is 1.88. The summed E-state index contributed by atoms with van der Waals surface area (Å²) in [4.78, 5) is 14.0. The minimum Gasteiger partial charge on any atom is -0.339 e. The maximum Gasteiger partial charge on any atom is 0.264 e. The highest BCUT2D eigenvalue weighted by molar-refractivity contribution is 7.92. The van der Waals surface area contributed by atoms with Gasteiger partial charge in [-0.1, -0.05) is 24.3 Å². The first-order chi connectivity index (χ1) is 11.9. The molecule has 2 aromatic rings. The van der Waals surface area contributed by atoms with E-state index in [9.17, 15) is 17.6 Å². The highest BCUT2D eigenvalue weighted by Crippen LogP contribution is 2.27. The zero-order chi connectivity index (χ0) is 18.0. The molecule has 0 saturated carbocycles. The van der Waals surface area contributed by atoms with E-state index < -0.39 is 20.7 Å². The number of hydrogen-bond donors (Lipinski definition) is 1. The second-order valence-corrected chi connectivity index (χ2v) is 7.68. The maximum atomic E-state index is 13.9. The summed E-state index contributed by atoms with van der Waals surface area (Å²) in [7, 11) is -4.14. The second-order valence-electron chi connectivity index (χ2n) is 6.03. The molecule has 2 aromatic carbocycles. The number of carbonyl (C=O) groups excluding carboxylic acids is 1. The Labute approximate surface area is 146 Å². The molecule has 1 aliphatic heterocycles. The van der Waals surface area contributed by atoms with Crippen molar-refractivity contribution in [3.05, 3.63) is 59.4 Å². The Hall–Kier alpha value is -2.41. The lowest BCUT2D eigenvalue weighted by molar-refractivity contribution is 0.0794. The number of aryl methyl sites for hydroxylation is 1. The molecule has 0 bridgehead atoms. The summed E-state index contributed by atoms with van der Waals surface area (Å²) in [5.74, 6) is -1.05. The van der Waals surface area contributed by atoms with Crippen LogP contribution in [0.3, 0.4) is 0 Å². The van der Waals surface area contributed by atoms with E-state index in [1.807, 2.05) is 0 Å². The Balaban J connectivity index is 2.00. The maximum absolute atomic E-state index is 13.9. The van der Waals surface area contributed by atoms with Crippen LogP contribution >= 0.6 is 0 Å². The number of sulfonamides is 1. The van der Waals surface area contributed by atoms with Crippen molar-refractivity contribution >= 4 is 21.6 Å². The number of likely N-dealkylation sites (tertiary alicyclic amines) is 1. The molecule has 1 heterocycles. The Morgan fingerprint density at radius 2 is 1.76 bits per heavy atom. The van der Waals surface area contributed by atoms with Gasteiger partial charge in [-0.2, -0.15) is 0 Å². The van der Waals surface area contributed by atoms with Crippen LogP contribution in [0.2, 0.25) is 0 Å². The number of hydrogen-bond acceptors (Lipinski definition) is 3. The highest BCUT2D eigenvalue weighted by Gasteiger charge is 2.26. The predicted octanol–water partition coefficient (Wildman–Crippen LogP) is 3.17. The summed E-state index contributed by atoms with van der Waals surface area (Å²) in [6.45, 7) is 3.03. The normalized spacial score (nSPS) is 14.6. The summed E-state index contributed by atoms with van der Waals surface area (Å²) in [6, 6.07) is 10.2. The molecule has 1 saturated heterocycles. The van der Waals surface area contributed by atoms with E-state index in [-0.39, 0.29) is 17.2 Å². The van der Waals surface area contributed by atoms with Crippen molar-refractivity contribution in [1.29, 1.82) is 0 Å². The smallest absolute Gasteiger partial charge is 0.264 e. The van der Waals surface area contributed by atoms with Gasteiger partial charge in [-0.25, -0.2) is 12.8 Å². The number of para-hydroxylation sites is 1. The molecule has 0 unspecified atom stereocenters. The van der Waals surface area contributed by atoms with Crippen LogP contribution in [0.15, 0.2) is 47.4 Å².